The molecule has 0 aliphatic carbocycles. The molecule has 0 unspecified atom stereocenters. The number of carbonyl (C=O) groups excluding carboxylic acids is 2. The average Bonchev–Trinajstić information content (AvgIpc) is 3.28. The van der Waals surface area contributed by atoms with Crippen LogP contribution in [0.3, 0.4) is 0 Å². The molecule has 0 atom stereocenters. The average molecular weight is 458 g/mol. The summed E-state index contributed by atoms with van der Waals surface area (Å²) >= 11 is 5.94. The van der Waals surface area contributed by atoms with Gasteiger partial charge in [-0.1, -0.05) is 17.7 Å². The zero-order valence-corrected chi connectivity index (χ0v) is 18.7. The molecule has 8 nitrogen and oxygen atoms in total. The summed E-state index contributed by atoms with van der Waals surface area (Å²) in [5.41, 5.74) is 0.418. The third kappa shape index (κ3) is 6.24. The molecule has 1 aromatic heterocycles. The molecule has 0 bridgehead atoms. The molecule has 2 amide bonds. The molecule has 1 heterocycles. The van der Waals surface area contributed by atoms with E-state index in [1.165, 1.54) is 13.5 Å². The number of carbonyl (C=O) groups is 2. The van der Waals surface area contributed by atoms with Crippen molar-refractivity contribution in [1.82, 2.24) is 10.3 Å². The van der Waals surface area contributed by atoms with Crippen molar-refractivity contribution in [2.45, 2.75) is 25.8 Å². The molecular weight excluding hydrogens is 434 g/mol. The topological polar surface area (TPSA) is 103 Å². The first-order valence-electron chi connectivity index (χ1n) is 9.86. The van der Waals surface area contributed by atoms with Gasteiger partial charge in [0, 0.05) is 28.7 Å². The molecule has 0 aliphatic heterocycles. The van der Waals surface area contributed by atoms with Crippen LogP contribution in [0, 0.1) is 0 Å². The maximum Gasteiger partial charge on any atom is 0.313 e. The van der Waals surface area contributed by atoms with Crippen molar-refractivity contribution in [3.8, 4) is 22.8 Å². The summed E-state index contributed by atoms with van der Waals surface area (Å²) in [6, 6.07) is 12.0. The maximum absolute atomic E-state index is 12.4. The highest BCUT2D eigenvalue weighted by atomic mass is 35.5. The number of oxazole rings is 1. The molecule has 3 rings (SSSR count). The fourth-order valence-corrected chi connectivity index (χ4v) is 3.10. The minimum absolute atomic E-state index is 0.343. The fourth-order valence-electron chi connectivity index (χ4n) is 2.92. The van der Waals surface area contributed by atoms with Crippen LogP contribution < -0.4 is 20.1 Å². The van der Waals surface area contributed by atoms with Crippen LogP contribution in [0.25, 0.3) is 11.3 Å². The molecule has 9 heteroatoms. The molecule has 2 N–H and O–H groups in total. The molecule has 32 heavy (non-hydrogen) atoms. The number of hydrogen-bond acceptors (Lipinski definition) is 6. The number of aromatic nitrogens is 1. The second-order valence-corrected chi connectivity index (χ2v) is 8.07. The van der Waals surface area contributed by atoms with Crippen LogP contribution in [0.2, 0.25) is 5.02 Å². The molecule has 3 aromatic rings. The van der Waals surface area contributed by atoms with Crippen LogP contribution in [-0.2, 0) is 9.59 Å². The van der Waals surface area contributed by atoms with E-state index in [2.05, 4.69) is 15.6 Å². The van der Waals surface area contributed by atoms with Gasteiger partial charge in [0.2, 0.25) is 0 Å². The molecule has 0 fully saturated rings. The third-order valence-corrected chi connectivity index (χ3v) is 4.84. The highest BCUT2D eigenvalue weighted by molar-refractivity contribution is 6.39. The van der Waals surface area contributed by atoms with Crippen LogP contribution in [0.1, 0.15) is 20.3 Å². The number of nitrogens with zero attached hydrogens (tertiary/aromatic N) is 1. The standard InChI is InChI=1S/C23H24ClN3O5/c1-23(2,9-10-31-17-6-4-5-15(24)11-17)27-22(29)21(28)26-16-7-8-18(19(12-16)30-3)20-13-25-14-32-20/h4-8,11-14H,9-10H2,1-3H3,(H,26,28)(H,27,29). The first-order chi connectivity index (χ1) is 15.3. The number of ether oxygens (including phenoxy) is 2. The van der Waals surface area contributed by atoms with Crippen LogP contribution in [-0.4, -0.2) is 36.1 Å². The van der Waals surface area contributed by atoms with Gasteiger partial charge in [-0.2, -0.15) is 0 Å². The van der Waals surface area contributed by atoms with Gasteiger partial charge in [-0.25, -0.2) is 4.98 Å². The quantitative estimate of drug-likeness (QED) is 0.489. The van der Waals surface area contributed by atoms with Crippen molar-refractivity contribution in [2.75, 3.05) is 19.0 Å². The van der Waals surface area contributed by atoms with Crippen molar-refractivity contribution >= 4 is 29.1 Å². The Balaban J connectivity index is 1.55. The zero-order valence-electron chi connectivity index (χ0n) is 18.0. The molecule has 0 saturated heterocycles. The van der Waals surface area contributed by atoms with Gasteiger partial charge in [-0.05, 0) is 44.2 Å². The number of anilines is 1. The lowest BCUT2D eigenvalue weighted by Gasteiger charge is -2.26. The fraction of sp³-hybridized carbons (Fsp3) is 0.261. The minimum atomic E-state index is -0.789. The summed E-state index contributed by atoms with van der Waals surface area (Å²) in [5.74, 6) is 0.0945. The summed E-state index contributed by atoms with van der Waals surface area (Å²) in [6.45, 7) is 3.97. The number of hydrogen-bond donors (Lipinski definition) is 2. The molecule has 0 spiro atoms. The van der Waals surface area contributed by atoms with E-state index in [-0.39, 0.29) is 0 Å². The Kier molecular flexibility index (Phi) is 7.37. The van der Waals surface area contributed by atoms with Gasteiger partial charge in [-0.3, -0.25) is 9.59 Å². The Morgan fingerprint density at radius 3 is 2.66 bits per heavy atom. The summed E-state index contributed by atoms with van der Waals surface area (Å²) in [4.78, 5) is 28.7. The van der Waals surface area contributed by atoms with E-state index in [4.69, 9.17) is 25.5 Å². The smallest absolute Gasteiger partial charge is 0.313 e. The number of nitrogens with one attached hydrogen (secondary N) is 2. The summed E-state index contributed by atoms with van der Waals surface area (Å²) in [7, 11) is 1.50. The van der Waals surface area contributed by atoms with Gasteiger partial charge in [0.05, 0.1) is 25.5 Å². The summed E-state index contributed by atoms with van der Waals surface area (Å²) < 4.78 is 16.3. The largest absolute Gasteiger partial charge is 0.496 e. The van der Waals surface area contributed by atoms with E-state index >= 15 is 0 Å². The lowest BCUT2D eigenvalue weighted by molar-refractivity contribution is -0.137. The van der Waals surface area contributed by atoms with Crippen molar-refractivity contribution in [1.29, 1.82) is 0 Å². The lowest BCUT2D eigenvalue weighted by atomic mass is 10.0. The molecule has 0 saturated carbocycles. The molecule has 2 aromatic carbocycles. The zero-order chi connectivity index (χ0) is 23.1. The Bertz CT molecular complexity index is 1080. The predicted octanol–water partition coefficient (Wildman–Crippen LogP) is 4.31. The van der Waals surface area contributed by atoms with E-state index < -0.39 is 17.4 Å². The summed E-state index contributed by atoms with van der Waals surface area (Å²) in [6.07, 6.45) is 3.36. The van der Waals surface area contributed by atoms with Gasteiger partial charge in [-0.15, -0.1) is 0 Å². The number of rotatable bonds is 8. The number of benzene rings is 2. The Labute approximate surface area is 190 Å². The van der Waals surface area contributed by atoms with E-state index in [0.29, 0.717) is 46.6 Å². The van der Waals surface area contributed by atoms with E-state index in [1.54, 1.807) is 48.7 Å². The van der Waals surface area contributed by atoms with Crippen LogP contribution >= 0.6 is 11.6 Å². The van der Waals surface area contributed by atoms with Crippen molar-refractivity contribution in [3.05, 3.63) is 60.1 Å². The predicted molar refractivity (Wildman–Crippen MR) is 121 cm³/mol. The Hall–Kier alpha value is -3.52. The monoisotopic (exact) mass is 457 g/mol. The highest BCUT2D eigenvalue weighted by Gasteiger charge is 2.25. The first kappa shape index (κ1) is 23.1. The van der Waals surface area contributed by atoms with Crippen LogP contribution in [0.4, 0.5) is 5.69 Å². The molecule has 0 radical (unpaired) electrons. The van der Waals surface area contributed by atoms with E-state index in [9.17, 15) is 9.59 Å². The van der Waals surface area contributed by atoms with E-state index in [1.807, 2.05) is 13.8 Å². The lowest BCUT2D eigenvalue weighted by Crippen LogP contribution is -2.48. The van der Waals surface area contributed by atoms with E-state index in [0.717, 1.165) is 0 Å². The van der Waals surface area contributed by atoms with Gasteiger partial charge in [0.1, 0.15) is 11.5 Å². The van der Waals surface area contributed by atoms with Gasteiger partial charge < -0.3 is 24.5 Å². The number of methoxy groups -OCH3 is 1. The van der Waals surface area contributed by atoms with Crippen molar-refractivity contribution in [3.63, 3.8) is 0 Å². The normalized spacial score (nSPS) is 11.0. The number of amides is 2. The second-order valence-electron chi connectivity index (χ2n) is 7.63. The third-order valence-electron chi connectivity index (χ3n) is 4.61. The van der Waals surface area contributed by atoms with Crippen molar-refractivity contribution < 1.29 is 23.5 Å². The minimum Gasteiger partial charge on any atom is -0.496 e. The van der Waals surface area contributed by atoms with Gasteiger partial charge in [0.25, 0.3) is 0 Å². The molecular formula is C23H24ClN3O5. The van der Waals surface area contributed by atoms with Crippen LogP contribution in [0.5, 0.6) is 11.5 Å². The highest BCUT2D eigenvalue weighted by Crippen LogP contribution is 2.32. The van der Waals surface area contributed by atoms with Gasteiger partial charge >= 0.3 is 11.8 Å². The van der Waals surface area contributed by atoms with Gasteiger partial charge in [0.15, 0.2) is 12.2 Å². The van der Waals surface area contributed by atoms with Crippen LogP contribution in [0.15, 0.2) is 59.5 Å². The SMILES string of the molecule is COc1cc(NC(=O)C(=O)NC(C)(C)CCOc2cccc(Cl)c2)ccc1-c1cnco1. The summed E-state index contributed by atoms with van der Waals surface area (Å²) in [5, 5.41) is 5.88. The second kappa shape index (κ2) is 10.2. The Morgan fingerprint density at radius 2 is 1.97 bits per heavy atom. The first-order valence-corrected chi connectivity index (χ1v) is 10.2. The number of halogens is 1. The van der Waals surface area contributed by atoms with Crippen molar-refractivity contribution in [2.24, 2.45) is 0 Å². The molecule has 168 valence electrons. The maximum atomic E-state index is 12.4. The molecule has 0 aliphatic rings. The Morgan fingerprint density at radius 1 is 1.16 bits per heavy atom.